The Balaban J connectivity index is 1.67. The molecule has 1 aliphatic carbocycles. The van der Waals surface area contributed by atoms with Crippen LogP contribution in [0.4, 0.5) is 0 Å². The van der Waals surface area contributed by atoms with Crippen LogP contribution >= 0.6 is 27.3 Å². The van der Waals surface area contributed by atoms with Crippen LogP contribution < -0.4 is 10.1 Å². The summed E-state index contributed by atoms with van der Waals surface area (Å²) in [6, 6.07) is 6.86. The molecule has 0 radical (unpaired) electrons. The van der Waals surface area contributed by atoms with Crippen LogP contribution in [0.2, 0.25) is 0 Å². The van der Waals surface area contributed by atoms with Crippen molar-refractivity contribution < 1.29 is 4.74 Å². The van der Waals surface area contributed by atoms with Gasteiger partial charge in [0.2, 0.25) is 0 Å². The van der Waals surface area contributed by atoms with Gasteiger partial charge in [0.05, 0.1) is 10.4 Å². The highest BCUT2D eigenvalue weighted by Crippen LogP contribution is 2.26. The number of hydrogen-bond acceptors (Lipinski definition) is 4. The van der Waals surface area contributed by atoms with Crippen LogP contribution in [0.25, 0.3) is 0 Å². The molecule has 1 heterocycles. The number of aromatic nitrogens is 1. The van der Waals surface area contributed by atoms with E-state index in [1.54, 1.807) is 11.3 Å². The summed E-state index contributed by atoms with van der Waals surface area (Å²) in [5.41, 5.74) is 3.03. The first kappa shape index (κ1) is 13.1. The first-order valence-electron chi connectivity index (χ1n) is 6.33. The minimum absolute atomic E-state index is 0.586. The fourth-order valence-corrected chi connectivity index (χ4v) is 2.75. The number of hydrogen-bond donors (Lipinski definition) is 1. The maximum absolute atomic E-state index is 5.90. The van der Waals surface area contributed by atoms with E-state index in [1.807, 2.05) is 23.8 Å². The Morgan fingerprint density at radius 3 is 3.05 bits per heavy atom. The Bertz CT molecular complexity index is 540. The highest BCUT2D eigenvalue weighted by molar-refractivity contribution is 9.10. The molecule has 2 aromatic rings. The monoisotopic (exact) mass is 338 g/mol. The van der Waals surface area contributed by atoms with E-state index in [0.29, 0.717) is 12.6 Å². The van der Waals surface area contributed by atoms with Crippen molar-refractivity contribution in [3.63, 3.8) is 0 Å². The first-order chi connectivity index (χ1) is 9.31. The molecule has 0 unspecified atom stereocenters. The molecule has 1 aliphatic rings. The van der Waals surface area contributed by atoms with Gasteiger partial charge in [0.25, 0.3) is 0 Å². The van der Waals surface area contributed by atoms with Gasteiger partial charge in [-0.1, -0.05) is 15.9 Å². The summed E-state index contributed by atoms with van der Waals surface area (Å²) in [4.78, 5) is 5.20. The molecule has 0 bridgehead atoms. The minimum atomic E-state index is 0.586. The third-order valence-electron chi connectivity index (χ3n) is 3.03. The van der Waals surface area contributed by atoms with Crippen LogP contribution in [-0.4, -0.2) is 11.0 Å². The van der Waals surface area contributed by atoms with Gasteiger partial charge in [0.15, 0.2) is 0 Å². The van der Waals surface area contributed by atoms with E-state index in [2.05, 4.69) is 32.3 Å². The topological polar surface area (TPSA) is 34.1 Å². The van der Waals surface area contributed by atoms with Crippen molar-refractivity contribution in [2.24, 2.45) is 0 Å². The maximum Gasteiger partial charge on any atom is 0.124 e. The molecule has 0 atom stereocenters. The normalized spacial score (nSPS) is 14.6. The SMILES string of the molecule is Brc1ccc(OCc2cncs2)c(CNC2CC2)c1. The second-order valence-electron chi connectivity index (χ2n) is 4.66. The van der Waals surface area contributed by atoms with Gasteiger partial charge in [-0.05, 0) is 31.0 Å². The Hall–Kier alpha value is -0.910. The second kappa shape index (κ2) is 6.03. The van der Waals surface area contributed by atoms with Gasteiger partial charge in [-0.3, -0.25) is 4.98 Å². The van der Waals surface area contributed by atoms with Crippen molar-refractivity contribution in [3.05, 3.63) is 44.8 Å². The number of nitrogens with one attached hydrogen (secondary N) is 1. The van der Waals surface area contributed by atoms with Crippen molar-refractivity contribution >= 4 is 27.3 Å². The third kappa shape index (κ3) is 3.78. The number of benzene rings is 1. The van der Waals surface area contributed by atoms with E-state index in [0.717, 1.165) is 21.6 Å². The average Bonchev–Trinajstić information content (AvgIpc) is 3.10. The number of halogens is 1. The van der Waals surface area contributed by atoms with Gasteiger partial charge in [-0.25, -0.2) is 0 Å². The van der Waals surface area contributed by atoms with Crippen molar-refractivity contribution in [2.45, 2.75) is 32.0 Å². The molecule has 1 fully saturated rings. The molecule has 0 aliphatic heterocycles. The van der Waals surface area contributed by atoms with Gasteiger partial charge in [-0.15, -0.1) is 11.3 Å². The first-order valence-corrected chi connectivity index (χ1v) is 8.00. The molecule has 1 saturated carbocycles. The lowest BCUT2D eigenvalue weighted by molar-refractivity contribution is 0.305. The van der Waals surface area contributed by atoms with E-state index in [-0.39, 0.29) is 0 Å². The predicted molar refractivity (Wildman–Crippen MR) is 80.4 cm³/mol. The summed E-state index contributed by atoms with van der Waals surface area (Å²) >= 11 is 5.14. The summed E-state index contributed by atoms with van der Waals surface area (Å²) in [6.45, 7) is 1.45. The lowest BCUT2D eigenvalue weighted by Gasteiger charge is -2.12. The summed E-state index contributed by atoms with van der Waals surface area (Å²) in [6.07, 6.45) is 4.45. The Kier molecular flexibility index (Phi) is 4.15. The molecule has 19 heavy (non-hydrogen) atoms. The number of nitrogens with zero attached hydrogens (tertiary/aromatic N) is 1. The highest BCUT2D eigenvalue weighted by Gasteiger charge is 2.20. The van der Waals surface area contributed by atoms with Gasteiger partial charge < -0.3 is 10.1 Å². The quantitative estimate of drug-likeness (QED) is 0.871. The molecule has 0 saturated heterocycles. The molecular formula is C14H15BrN2OS. The van der Waals surface area contributed by atoms with Crippen LogP contribution in [0.5, 0.6) is 5.75 Å². The van der Waals surface area contributed by atoms with Crippen LogP contribution in [0.15, 0.2) is 34.4 Å². The van der Waals surface area contributed by atoms with Crippen LogP contribution in [-0.2, 0) is 13.2 Å². The Morgan fingerprint density at radius 1 is 1.42 bits per heavy atom. The summed E-state index contributed by atoms with van der Waals surface area (Å²) in [5.74, 6) is 0.949. The van der Waals surface area contributed by atoms with E-state index in [9.17, 15) is 0 Å². The zero-order valence-corrected chi connectivity index (χ0v) is 12.8. The van der Waals surface area contributed by atoms with Gasteiger partial charge in [0.1, 0.15) is 12.4 Å². The molecule has 0 spiro atoms. The summed E-state index contributed by atoms with van der Waals surface area (Å²) in [7, 11) is 0. The number of rotatable bonds is 6. The third-order valence-corrected chi connectivity index (χ3v) is 4.28. The largest absolute Gasteiger partial charge is 0.488 e. The fourth-order valence-electron chi connectivity index (χ4n) is 1.83. The lowest BCUT2D eigenvalue weighted by Crippen LogP contribution is -2.16. The summed E-state index contributed by atoms with van der Waals surface area (Å²) in [5, 5.41) is 3.52. The molecule has 3 rings (SSSR count). The van der Waals surface area contributed by atoms with E-state index in [4.69, 9.17) is 4.74 Å². The smallest absolute Gasteiger partial charge is 0.124 e. The van der Waals surface area contributed by atoms with Crippen molar-refractivity contribution in [1.29, 1.82) is 0 Å². The van der Waals surface area contributed by atoms with Crippen molar-refractivity contribution in [1.82, 2.24) is 10.3 Å². The maximum atomic E-state index is 5.90. The second-order valence-corrected chi connectivity index (χ2v) is 6.55. The molecule has 5 heteroatoms. The average molecular weight is 339 g/mol. The predicted octanol–water partition coefficient (Wildman–Crippen LogP) is 3.74. The fraction of sp³-hybridized carbons (Fsp3) is 0.357. The van der Waals surface area contributed by atoms with Gasteiger partial charge >= 0.3 is 0 Å². The van der Waals surface area contributed by atoms with E-state index in [1.165, 1.54) is 18.4 Å². The molecule has 0 amide bonds. The van der Waals surface area contributed by atoms with Crippen LogP contribution in [0, 0.1) is 0 Å². The molecule has 1 aromatic heterocycles. The van der Waals surface area contributed by atoms with Crippen molar-refractivity contribution in [2.75, 3.05) is 0 Å². The van der Waals surface area contributed by atoms with E-state index >= 15 is 0 Å². The number of ether oxygens (including phenoxy) is 1. The van der Waals surface area contributed by atoms with Crippen molar-refractivity contribution in [3.8, 4) is 5.75 Å². The van der Waals surface area contributed by atoms with Gasteiger partial charge in [-0.2, -0.15) is 0 Å². The molecular weight excluding hydrogens is 324 g/mol. The zero-order chi connectivity index (χ0) is 13.1. The molecule has 100 valence electrons. The molecule has 3 nitrogen and oxygen atoms in total. The van der Waals surface area contributed by atoms with E-state index < -0.39 is 0 Å². The van der Waals surface area contributed by atoms with Gasteiger partial charge in [0, 0.05) is 28.8 Å². The minimum Gasteiger partial charge on any atom is -0.488 e. The highest BCUT2D eigenvalue weighted by atomic mass is 79.9. The standard InChI is InChI=1S/C14H15BrN2OS/c15-11-1-4-14(18-8-13-7-16-9-19-13)10(5-11)6-17-12-2-3-12/h1,4-5,7,9,12,17H,2-3,6,8H2. The Labute approximate surface area is 125 Å². The molecule has 1 N–H and O–H groups in total. The Morgan fingerprint density at radius 2 is 2.32 bits per heavy atom. The lowest BCUT2D eigenvalue weighted by atomic mass is 10.2. The van der Waals surface area contributed by atoms with Crippen LogP contribution in [0.3, 0.4) is 0 Å². The molecule has 1 aromatic carbocycles. The summed E-state index contributed by atoms with van der Waals surface area (Å²) < 4.78 is 6.99. The van der Waals surface area contributed by atoms with Crippen LogP contribution in [0.1, 0.15) is 23.3 Å². The number of thiazole rings is 1. The zero-order valence-electron chi connectivity index (χ0n) is 10.4.